The number of nitrogens with one attached hydrogen (secondary N) is 1. The van der Waals surface area contributed by atoms with Crippen molar-refractivity contribution in [3.8, 4) is 6.01 Å². The Hall–Kier alpha value is -2.75. The van der Waals surface area contributed by atoms with Crippen LogP contribution in [-0.2, 0) is 13.0 Å². The smallest absolute Gasteiger partial charge is 0.319 e. The third-order valence-electron chi connectivity index (χ3n) is 8.46. The highest BCUT2D eigenvalue weighted by Gasteiger charge is 2.36. The van der Waals surface area contributed by atoms with Crippen LogP contribution in [0.25, 0.3) is 0 Å². The lowest BCUT2D eigenvalue weighted by Crippen LogP contribution is -2.56. The Morgan fingerprint density at radius 2 is 1.89 bits per heavy atom. The summed E-state index contributed by atoms with van der Waals surface area (Å²) in [4.78, 5) is 29.0. The van der Waals surface area contributed by atoms with Crippen LogP contribution in [0.3, 0.4) is 0 Å². The van der Waals surface area contributed by atoms with Gasteiger partial charge in [0, 0.05) is 57.4 Å². The molecule has 3 atom stereocenters. The normalized spacial score (nSPS) is 27.0. The Morgan fingerprint density at radius 3 is 2.62 bits per heavy atom. The minimum Gasteiger partial charge on any atom is -0.459 e. The number of hydrogen-bond acceptors (Lipinski definition) is 8. The molecule has 6 rings (SSSR count). The molecule has 2 N–H and O–H groups in total. The fraction of sp³-hybridized carbons (Fsp3) is 0.607. The number of benzene rings is 1. The van der Waals surface area contributed by atoms with Gasteiger partial charge in [0.2, 0.25) is 0 Å². The van der Waals surface area contributed by atoms with Crippen molar-refractivity contribution in [2.45, 2.75) is 69.4 Å². The van der Waals surface area contributed by atoms with Crippen LogP contribution in [0.4, 0.5) is 5.82 Å². The molecule has 0 spiro atoms. The number of aliphatic hydroxyl groups excluding tert-OH is 1. The first-order valence-electron chi connectivity index (χ1n) is 13.8. The zero-order chi connectivity index (χ0) is 25.4. The van der Waals surface area contributed by atoms with E-state index in [2.05, 4.69) is 56.4 Å². The molecule has 4 aliphatic rings. The van der Waals surface area contributed by atoms with Crippen molar-refractivity contribution in [2.75, 3.05) is 45.1 Å². The predicted octanol–water partition coefficient (Wildman–Crippen LogP) is 2.16. The predicted molar refractivity (Wildman–Crippen MR) is 141 cm³/mol. The van der Waals surface area contributed by atoms with Crippen LogP contribution in [0.15, 0.2) is 30.3 Å². The molecule has 198 valence electrons. The number of β-amino-alcohol motifs (C(OH)–C–C–N with tert-alkyl or cyclic N) is 1. The number of likely N-dealkylation sites (tertiary alicyclic amines) is 2. The number of carbonyl (C=O) groups excluding carboxylic acids is 1. The lowest BCUT2D eigenvalue weighted by Gasteiger charge is -2.43. The van der Waals surface area contributed by atoms with Gasteiger partial charge in [0.15, 0.2) is 0 Å². The molecular weight excluding hydrogens is 468 g/mol. The maximum Gasteiger partial charge on any atom is 0.319 e. The van der Waals surface area contributed by atoms with Gasteiger partial charge in [0.05, 0.1) is 6.10 Å². The Bertz CT molecular complexity index is 1120. The quantitative estimate of drug-likeness (QED) is 0.616. The number of amides is 1. The molecule has 9 nitrogen and oxygen atoms in total. The van der Waals surface area contributed by atoms with E-state index in [0.29, 0.717) is 30.6 Å². The zero-order valence-electron chi connectivity index (χ0n) is 21.7. The maximum absolute atomic E-state index is 13.6. The summed E-state index contributed by atoms with van der Waals surface area (Å²) >= 11 is 0. The second-order valence-electron chi connectivity index (χ2n) is 11.1. The van der Waals surface area contributed by atoms with Crippen molar-refractivity contribution in [3.05, 3.63) is 47.2 Å². The van der Waals surface area contributed by atoms with Crippen molar-refractivity contribution < 1.29 is 14.6 Å². The number of carbonyl (C=O) groups is 1. The number of fused-ring (bicyclic) bond motifs is 1. The summed E-state index contributed by atoms with van der Waals surface area (Å²) in [6, 6.07) is 11.0. The number of piperidine rings is 1. The molecule has 1 amide bonds. The van der Waals surface area contributed by atoms with Gasteiger partial charge in [0.25, 0.3) is 5.91 Å². The van der Waals surface area contributed by atoms with E-state index in [9.17, 15) is 9.90 Å². The van der Waals surface area contributed by atoms with Crippen molar-refractivity contribution in [1.82, 2.24) is 24.7 Å². The van der Waals surface area contributed by atoms with Gasteiger partial charge < -0.3 is 25.0 Å². The largest absolute Gasteiger partial charge is 0.459 e. The Morgan fingerprint density at radius 1 is 1.05 bits per heavy atom. The van der Waals surface area contributed by atoms with Crippen LogP contribution in [0.2, 0.25) is 0 Å². The van der Waals surface area contributed by atoms with Crippen molar-refractivity contribution >= 4 is 11.7 Å². The lowest BCUT2D eigenvalue weighted by atomic mass is 9.93. The van der Waals surface area contributed by atoms with Gasteiger partial charge >= 0.3 is 6.01 Å². The van der Waals surface area contributed by atoms with Gasteiger partial charge in [-0.25, -0.2) is 0 Å². The number of ether oxygens (including phenoxy) is 1. The first-order chi connectivity index (χ1) is 18.0. The van der Waals surface area contributed by atoms with Crippen molar-refractivity contribution in [2.24, 2.45) is 0 Å². The first kappa shape index (κ1) is 24.6. The van der Waals surface area contributed by atoms with Crippen molar-refractivity contribution in [1.29, 1.82) is 0 Å². The van der Waals surface area contributed by atoms with E-state index in [0.717, 1.165) is 58.3 Å². The molecular formula is C28H38N6O3. The van der Waals surface area contributed by atoms with Crippen LogP contribution < -0.4 is 10.1 Å². The summed E-state index contributed by atoms with van der Waals surface area (Å²) in [5.41, 5.74) is 3.07. The molecule has 2 saturated heterocycles. The molecule has 9 heteroatoms. The molecule has 0 bridgehead atoms. The molecule has 3 aliphatic heterocycles. The topological polar surface area (TPSA) is 94.1 Å². The fourth-order valence-electron chi connectivity index (χ4n) is 6.06. The molecule has 1 aliphatic carbocycles. The molecule has 3 fully saturated rings. The van der Waals surface area contributed by atoms with Gasteiger partial charge in [-0.3, -0.25) is 9.69 Å². The second-order valence-corrected chi connectivity index (χ2v) is 11.1. The molecule has 37 heavy (non-hydrogen) atoms. The summed E-state index contributed by atoms with van der Waals surface area (Å²) in [6.07, 6.45) is 5.52. The summed E-state index contributed by atoms with van der Waals surface area (Å²) in [7, 11) is 2.07. The highest BCUT2D eigenvalue weighted by atomic mass is 16.5. The molecule has 0 unspecified atom stereocenters. The second kappa shape index (κ2) is 10.6. The van der Waals surface area contributed by atoms with Gasteiger partial charge in [0.1, 0.15) is 17.6 Å². The van der Waals surface area contributed by atoms with E-state index in [1.165, 1.54) is 17.5 Å². The van der Waals surface area contributed by atoms with Crippen LogP contribution in [0, 0.1) is 0 Å². The number of hydrogen-bond donors (Lipinski definition) is 2. The first-order valence-corrected chi connectivity index (χ1v) is 13.8. The number of aliphatic hydroxyl groups is 1. The minimum atomic E-state index is -0.595. The third kappa shape index (κ3) is 5.44. The van der Waals surface area contributed by atoms with E-state index in [1.807, 2.05) is 0 Å². The molecule has 1 aromatic heterocycles. The SMILES string of the molecule is CN1CC[C@H](Oc2nc(NC3CCC3)cc(C(=O)N3CC[C@@H](N4CCc5ccccc5C4)[C@H](O)C3)n2)C1. The van der Waals surface area contributed by atoms with E-state index >= 15 is 0 Å². The van der Waals surface area contributed by atoms with Crippen molar-refractivity contribution in [3.63, 3.8) is 0 Å². The standard InChI is InChI=1S/C28H38N6O3/c1-32-12-10-22(17-32)37-28-30-23(15-26(31-28)29-21-7-4-8-21)27(36)34-14-11-24(25(35)18-34)33-13-9-19-5-2-3-6-20(19)16-33/h2-3,5-6,15,21-22,24-25,35H,4,7-14,16-18H2,1H3,(H,29,30,31)/t22-,24+,25+/m0/s1. The van der Waals surface area contributed by atoms with Crippen LogP contribution in [-0.4, -0.2) is 99.7 Å². The number of aromatic nitrogens is 2. The van der Waals surface area contributed by atoms with Crippen LogP contribution >= 0.6 is 0 Å². The Kier molecular flexibility index (Phi) is 7.01. The van der Waals surface area contributed by atoms with Gasteiger partial charge in [-0.15, -0.1) is 0 Å². The van der Waals surface area contributed by atoms with E-state index in [1.54, 1.807) is 11.0 Å². The number of likely N-dealkylation sites (N-methyl/N-ethyl adjacent to an activating group) is 1. The number of rotatable bonds is 6. The lowest BCUT2D eigenvalue weighted by molar-refractivity contribution is -0.0139. The van der Waals surface area contributed by atoms with E-state index in [4.69, 9.17) is 4.74 Å². The number of anilines is 1. The Balaban J connectivity index is 1.14. The third-order valence-corrected chi connectivity index (χ3v) is 8.46. The maximum atomic E-state index is 13.6. The average molecular weight is 507 g/mol. The van der Waals surface area contributed by atoms with Gasteiger partial charge in [-0.2, -0.15) is 9.97 Å². The molecule has 1 saturated carbocycles. The number of nitrogens with zero attached hydrogens (tertiary/aromatic N) is 5. The summed E-state index contributed by atoms with van der Waals surface area (Å²) in [5, 5.41) is 14.6. The van der Waals surface area contributed by atoms with Gasteiger partial charge in [-0.05, 0) is 56.7 Å². The average Bonchev–Trinajstić information content (AvgIpc) is 3.29. The van der Waals surface area contributed by atoms with Crippen LogP contribution in [0.1, 0.15) is 53.7 Å². The molecule has 4 heterocycles. The fourth-order valence-corrected chi connectivity index (χ4v) is 6.06. The zero-order valence-corrected chi connectivity index (χ0v) is 21.7. The van der Waals surface area contributed by atoms with E-state index < -0.39 is 6.10 Å². The highest BCUT2D eigenvalue weighted by molar-refractivity contribution is 5.93. The monoisotopic (exact) mass is 506 g/mol. The summed E-state index contributed by atoms with van der Waals surface area (Å²) in [6.45, 7) is 4.49. The van der Waals surface area contributed by atoms with E-state index in [-0.39, 0.29) is 24.1 Å². The molecule has 1 aromatic carbocycles. The van der Waals surface area contributed by atoms with Gasteiger partial charge in [-0.1, -0.05) is 24.3 Å². The molecule has 0 radical (unpaired) electrons. The van der Waals surface area contributed by atoms with Crippen LogP contribution in [0.5, 0.6) is 6.01 Å². The summed E-state index contributed by atoms with van der Waals surface area (Å²) < 4.78 is 6.11. The molecule has 2 aromatic rings. The highest BCUT2D eigenvalue weighted by Crippen LogP contribution is 2.27. The summed E-state index contributed by atoms with van der Waals surface area (Å²) in [5.74, 6) is 0.473. The Labute approximate surface area is 218 Å². The minimum absolute atomic E-state index is 0.0270.